The van der Waals surface area contributed by atoms with Crippen LogP contribution in [0.15, 0.2) is 64.9 Å². The number of ether oxygens (including phenoxy) is 1. The van der Waals surface area contributed by atoms with Crippen LogP contribution in [0.1, 0.15) is 0 Å². The minimum Gasteiger partial charge on any atom is -0.496 e. The Balaban J connectivity index is 1.62. The second-order valence-corrected chi connectivity index (χ2v) is 8.73. The van der Waals surface area contributed by atoms with Crippen LogP contribution in [-0.4, -0.2) is 36.2 Å². The Morgan fingerprint density at radius 3 is 2.71 bits per heavy atom. The lowest BCUT2D eigenvalue weighted by molar-refractivity contribution is 0.416. The number of benzene rings is 2. The van der Waals surface area contributed by atoms with Gasteiger partial charge in [0.05, 0.1) is 7.11 Å². The van der Waals surface area contributed by atoms with E-state index in [1.54, 1.807) is 43.5 Å². The van der Waals surface area contributed by atoms with E-state index in [-0.39, 0.29) is 4.21 Å². The van der Waals surface area contributed by atoms with E-state index in [0.717, 1.165) is 10.4 Å². The second kappa shape index (κ2) is 7.41. The van der Waals surface area contributed by atoms with E-state index in [2.05, 4.69) is 25.3 Å². The Morgan fingerprint density at radius 1 is 1.07 bits per heavy atom. The molecule has 0 fully saturated rings. The van der Waals surface area contributed by atoms with Crippen LogP contribution < -0.4 is 9.46 Å². The lowest BCUT2D eigenvalue weighted by Gasteiger charge is -2.07. The molecule has 0 saturated carbocycles. The number of nitrogens with one attached hydrogen (secondary N) is 2. The minimum atomic E-state index is -3.74. The first-order valence-corrected chi connectivity index (χ1v) is 10.5. The van der Waals surface area contributed by atoms with E-state index >= 15 is 0 Å². The van der Waals surface area contributed by atoms with Crippen LogP contribution in [0, 0.1) is 0 Å². The third-order valence-electron chi connectivity index (χ3n) is 3.94. The van der Waals surface area contributed by atoms with Gasteiger partial charge in [-0.2, -0.15) is 5.21 Å². The maximum atomic E-state index is 12.8. The Morgan fingerprint density at radius 2 is 1.93 bits per heavy atom. The van der Waals surface area contributed by atoms with Crippen LogP contribution in [0.5, 0.6) is 5.75 Å². The topological polar surface area (TPSA) is 110 Å². The largest absolute Gasteiger partial charge is 0.496 e. The van der Waals surface area contributed by atoms with Gasteiger partial charge in [0.15, 0.2) is 0 Å². The van der Waals surface area contributed by atoms with Gasteiger partial charge in [-0.1, -0.05) is 24.3 Å². The van der Waals surface area contributed by atoms with E-state index in [1.165, 1.54) is 11.3 Å². The summed E-state index contributed by atoms with van der Waals surface area (Å²) in [5, 5.41) is 13.7. The zero-order chi connectivity index (χ0) is 19.6. The van der Waals surface area contributed by atoms with Crippen molar-refractivity contribution in [1.29, 1.82) is 0 Å². The van der Waals surface area contributed by atoms with Gasteiger partial charge in [0.2, 0.25) is 5.82 Å². The molecule has 4 rings (SSSR count). The summed E-state index contributed by atoms with van der Waals surface area (Å²) in [6, 6.07) is 17.6. The Hall–Kier alpha value is -3.24. The number of aromatic nitrogens is 4. The highest BCUT2D eigenvalue weighted by Gasteiger charge is 2.19. The van der Waals surface area contributed by atoms with Crippen molar-refractivity contribution in [1.82, 2.24) is 20.6 Å². The summed E-state index contributed by atoms with van der Waals surface area (Å²) in [6.07, 6.45) is 0. The summed E-state index contributed by atoms with van der Waals surface area (Å²) in [6.45, 7) is 0. The number of hydrogen-bond acceptors (Lipinski definition) is 7. The van der Waals surface area contributed by atoms with Crippen LogP contribution in [-0.2, 0) is 10.0 Å². The number of hydrogen-bond donors (Lipinski definition) is 2. The number of aromatic amines is 1. The quantitative estimate of drug-likeness (QED) is 0.501. The third-order valence-corrected chi connectivity index (χ3v) is 6.93. The molecule has 2 aromatic carbocycles. The monoisotopic (exact) mass is 413 g/mol. The number of sulfonamides is 1. The van der Waals surface area contributed by atoms with Crippen molar-refractivity contribution < 1.29 is 13.2 Å². The number of rotatable bonds is 6. The van der Waals surface area contributed by atoms with Gasteiger partial charge >= 0.3 is 0 Å². The fraction of sp³-hybridized carbons (Fsp3) is 0.0556. The summed E-state index contributed by atoms with van der Waals surface area (Å²) in [7, 11) is -2.16. The first-order valence-electron chi connectivity index (χ1n) is 8.17. The Labute approximate surface area is 165 Å². The first-order chi connectivity index (χ1) is 13.6. The summed E-state index contributed by atoms with van der Waals surface area (Å²) in [5.41, 5.74) is 1.90. The Kier molecular flexibility index (Phi) is 4.80. The molecule has 4 aromatic rings. The highest BCUT2D eigenvalue weighted by Crippen LogP contribution is 2.36. The molecule has 0 spiro atoms. The maximum Gasteiger partial charge on any atom is 0.271 e. The predicted octanol–water partition coefficient (Wildman–Crippen LogP) is 3.40. The molecule has 0 aliphatic carbocycles. The van der Waals surface area contributed by atoms with Crippen molar-refractivity contribution in [3.8, 4) is 27.6 Å². The number of thiophene rings is 1. The molecule has 0 saturated heterocycles. The summed E-state index contributed by atoms with van der Waals surface area (Å²) in [5.74, 6) is 1.07. The van der Waals surface area contributed by atoms with E-state index in [9.17, 15) is 8.42 Å². The van der Waals surface area contributed by atoms with Crippen LogP contribution >= 0.6 is 11.3 Å². The fourth-order valence-corrected chi connectivity index (χ4v) is 5.05. The van der Waals surface area contributed by atoms with Crippen LogP contribution in [0.25, 0.3) is 21.8 Å². The highest BCUT2D eigenvalue weighted by atomic mass is 32.2. The van der Waals surface area contributed by atoms with E-state index < -0.39 is 10.0 Å². The lowest BCUT2D eigenvalue weighted by atomic mass is 10.2. The van der Waals surface area contributed by atoms with Crippen LogP contribution in [0.2, 0.25) is 0 Å². The highest BCUT2D eigenvalue weighted by molar-refractivity contribution is 7.94. The molecule has 28 heavy (non-hydrogen) atoms. The molecule has 0 aliphatic heterocycles. The van der Waals surface area contributed by atoms with Crippen molar-refractivity contribution >= 4 is 27.0 Å². The molecule has 0 unspecified atom stereocenters. The van der Waals surface area contributed by atoms with Crippen molar-refractivity contribution in [2.45, 2.75) is 4.21 Å². The third kappa shape index (κ3) is 3.59. The molecule has 142 valence electrons. The number of H-pyrrole nitrogens is 1. The van der Waals surface area contributed by atoms with Gasteiger partial charge in [-0.05, 0) is 41.6 Å². The molecule has 0 bridgehead atoms. The van der Waals surface area contributed by atoms with Crippen molar-refractivity contribution in [2.75, 3.05) is 11.8 Å². The zero-order valence-electron chi connectivity index (χ0n) is 14.7. The van der Waals surface area contributed by atoms with Gasteiger partial charge < -0.3 is 4.74 Å². The SMILES string of the molecule is COc1ccccc1-c1ccc(S(=O)(=O)Nc2cccc(-c3nn[nH]n3)c2)s1. The molecule has 2 N–H and O–H groups in total. The molecule has 0 radical (unpaired) electrons. The van der Waals surface area contributed by atoms with Gasteiger partial charge in [-0.25, -0.2) is 8.42 Å². The summed E-state index contributed by atoms with van der Waals surface area (Å²) >= 11 is 1.17. The van der Waals surface area contributed by atoms with Crippen LogP contribution in [0.4, 0.5) is 5.69 Å². The summed E-state index contributed by atoms with van der Waals surface area (Å²) in [4.78, 5) is 0.804. The molecule has 2 aromatic heterocycles. The standard InChI is InChI=1S/C18H15N5O3S2/c1-26-15-8-3-2-7-14(15)16-9-10-17(27-16)28(24,25)21-13-6-4-5-12(11-13)18-19-22-23-20-18/h2-11,21H,1H3,(H,19,20,22,23). The maximum absolute atomic E-state index is 12.8. The molecule has 8 nitrogen and oxygen atoms in total. The lowest BCUT2D eigenvalue weighted by Crippen LogP contribution is -2.11. The van der Waals surface area contributed by atoms with Gasteiger partial charge in [0.1, 0.15) is 9.96 Å². The molecule has 0 atom stereocenters. The predicted molar refractivity (Wildman–Crippen MR) is 107 cm³/mol. The van der Waals surface area contributed by atoms with Gasteiger partial charge in [0, 0.05) is 21.7 Å². The van der Waals surface area contributed by atoms with Crippen molar-refractivity contribution in [2.24, 2.45) is 0 Å². The molecular weight excluding hydrogens is 398 g/mol. The summed E-state index contributed by atoms with van der Waals surface area (Å²) < 4.78 is 33.8. The number of methoxy groups -OCH3 is 1. The van der Waals surface area contributed by atoms with Crippen molar-refractivity contribution in [3.63, 3.8) is 0 Å². The molecule has 2 heterocycles. The minimum absolute atomic E-state index is 0.207. The number of para-hydroxylation sites is 1. The van der Waals surface area contributed by atoms with E-state index in [1.807, 2.05) is 24.3 Å². The molecular formula is C18H15N5O3S2. The average Bonchev–Trinajstić information content (AvgIpc) is 3.40. The first kappa shape index (κ1) is 18.1. The van der Waals surface area contributed by atoms with Gasteiger partial charge in [-0.15, -0.1) is 21.5 Å². The van der Waals surface area contributed by atoms with Crippen LogP contribution in [0.3, 0.4) is 0 Å². The zero-order valence-corrected chi connectivity index (χ0v) is 16.3. The molecule has 0 aliphatic rings. The molecule has 0 amide bonds. The van der Waals surface area contributed by atoms with Crippen molar-refractivity contribution in [3.05, 3.63) is 60.7 Å². The van der Waals surface area contributed by atoms with E-state index in [4.69, 9.17) is 4.74 Å². The van der Waals surface area contributed by atoms with Gasteiger partial charge in [0.25, 0.3) is 10.0 Å². The fourth-order valence-electron chi connectivity index (χ4n) is 2.67. The number of tetrazole rings is 1. The average molecular weight is 413 g/mol. The number of nitrogens with zero attached hydrogens (tertiary/aromatic N) is 3. The van der Waals surface area contributed by atoms with Gasteiger partial charge in [-0.3, -0.25) is 4.72 Å². The normalized spacial score (nSPS) is 11.3. The number of anilines is 1. The second-order valence-electron chi connectivity index (χ2n) is 5.74. The van der Waals surface area contributed by atoms with E-state index in [0.29, 0.717) is 22.8 Å². The molecule has 10 heteroatoms. The smallest absolute Gasteiger partial charge is 0.271 e. The Bertz CT molecular complexity index is 1200.